The average molecular weight is 433 g/mol. The summed E-state index contributed by atoms with van der Waals surface area (Å²) in [5.41, 5.74) is 4.21. The van der Waals surface area contributed by atoms with Crippen molar-refractivity contribution in [3.8, 4) is 0 Å². The van der Waals surface area contributed by atoms with E-state index in [2.05, 4.69) is 10.3 Å². The number of hydrogen-bond donors (Lipinski definition) is 3. The van der Waals surface area contributed by atoms with Gasteiger partial charge in [0, 0.05) is 19.9 Å². The van der Waals surface area contributed by atoms with E-state index >= 15 is 0 Å². The fourth-order valence-corrected chi connectivity index (χ4v) is 3.54. The SMILES string of the molecule is COC[C@H](O)CNC(=O)c1ncc(S(=O)(=O)c2ccc(C(F)(F)F)cc2)cc1N. The van der Waals surface area contributed by atoms with Crippen LogP contribution in [0.2, 0.25) is 0 Å². The molecule has 1 atom stereocenters. The van der Waals surface area contributed by atoms with Crippen molar-refractivity contribution in [2.75, 3.05) is 26.0 Å². The molecule has 12 heteroatoms. The first-order chi connectivity index (χ1) is 13.5. The minimum atomic E-state index is -4.60. The molecule has 158 valence electrons. The monoisotopic (exact) mass is 433 g/mol. The maximum Gasteiger partial charge on any atom is 0.416 e. The lowest BCUT2D eigenvalue weighted by Gasteiger charge is -2.12. The largest absolute Gasteiger partial charge is 0.416 e. The molecule has 0 saturated carbocycles. The summed E-state index contributed by atoms with van der Waals surface area (Å²) in [7, 11) is -2.82. The number of aliphatic hydroxyl groups excluding tert-OH is 1. The second kappa shape index (κ2) is 8.76. The number of aliphatic hydroxyl groups is 1. The topological polar surface area (TPSA) is 132 Å². The molecule has 2 rings (SSSR count). The van der Waals surface area contributed by atoms with Crippen LogP contribution < -0.4 is 11.1 Å². The third-order valence-corrected chi connectivity index (χ3v) is 5.50. The minimum absolute atomic E-state index is 0.00645. The van der Waals surface area contributed by atoms with Gasteiger partial charge in [0.25, 0.3) is 5.91 Å². The van der Waals surface area contributed by atoms with Crippen molar-refractivity contribution < 1.29 is 36.2 Å². The number of aromatic nitrogens is 1. The first kappa shape index (κ1) is 22.6. The molecule has 0 unspecified atom stereocenters. The van der Waals surface area contributed by atoms with Crippen LogP contribution in [0.15, 0.2) is 46.3 Å². The zero-order valence-corrected chi connectivity index (χ0v) is 15.9. The number of sulfone groups is 1. The number of pyridine rings is 1. The Balaban J connectivity index is 2.23. The van der Waals surface area contributed by atoms with Gasteiger partial charge >= 0.3 is 6.18 Å². The Morgan fingerprint density at radius 2 is 1.90 bits per heavy atom. The lowest BCUT2D eigenvalue weighted by atomic mass is 10.2. The summed E-state index contributed by atoms with van der Waals surface area (Å²) in [5.74, 6) is -0.740. The Labute approximate surface area is 164 Å². The number of carbonyl (C=O) groups is 1. The fourth-order valence-electron chi connectivity index (χ4n) is 2.30. The number of carbonyl (C=O) groups excluding carboxylic acids is 1. The number of hydrogen-bond acceptors (Lipinski definition) is 7. The van der Waals surface area contributed by atoms with E-state index in [9.17, 15) is 31.5 Å². The van der Waals surface area contributed by atoms with E-state index in [1.807, 2.05) is 0 Å². The molecular formula is C17H18F3N3O5S. The van der Waals surface area contributed by atoms with Gasteiger partial charge in [-0.25, -0.2) is 13.4 Å². The number of methoxy groups -OCH3 is 1. The van der Waals surface area contributed by atoms with Gasteiger partial charge in [0.2, 0.25) is 9.84 Å². The molecule has 1 aromatic heterocycles. The second-order valence-electron chi connectivity index (χ2n) is 5.95. The molecule has 0 fully saturated rings. The zero-order valence-electron chi connectivity index (χ0n) is 15.1. The van der Waals surface area contributed by atoms with E-state index in [4.69, 9.17) is 10.5 Å². The molecule has 1 aromatic carbocycles. The molecule has 1 amide bonds. The summed E-state index contributed by atoms with van der Waals surface area (Å²) in [6.07, 6.45) is -4.67. The Kier molecular flexibility index (Phi) is 6.82. The molecule has 4 N–H and O–H groups in total. The molecule has 2 aromatic rings. The molecule has 0 aliphatic heterocycles. The lowest BCUT2D eigenvalue weighted by Crippen LogP contribution is -2.35. The summed E-state index contributed by atoms with van der Waals surface area (Å²) < 4.78 is 67.8. The normalized spacial score (nSPS) is 13.1. The summed E-state index contributed by atoms with van der Waals surface area (Å²) >= 11 is 0. The van der Waals surface area contributed by atoms with Crippen LogP contribution in [0.3, 0.4) is 0 Å². The maximum absolute atomic E-state index is 12.6. The van der Waals surface area contributed by atoms with Gasteiger partial charge in [0.15, 0.2) is 5.69 Å². The van der Waals surface area contributed by atoms with E-state index in [0.29, 0.717) is 12.1 Å². The van der Waals surface area contributed by atoms with Crippen molar-refractivity contribution in [1.29, 1.82) is 0 Å². The van der Waals surface area contributed by atoms with Gasteiger partial charge in [-0.2, -0.15) is 13.2 Å². The standard InChI is InChI=1S/C17H18F3N3O5S/c1-28-9-11(24)7-23-16(25)15-14(21)6-13(8-22-15)29(26,27)12-4-2-10(3-5-12)17(18,19)20/h2-6,8,11,24H,7,9,21H2,1H3,(H,23,25)/t11-/m1/s1. The third-order valence-electron chi connectivity index (χ3n) is 3.77. The van der Waals surface area contributed by atoms with E-state index < -0.39 is 33.6 Å². The summed E-state index contributed by atoms with van der Waals surface area (Å²) in [6.45, 7) is -0.146. The van der Waals surface area contributed by atoms with Gasteiger partial charge < -0.3 is 20.9 Å². The van der Waals surface area contributed by atoms with Crippen LogP contribution in [-0.2, 0) is 20.8 Å². The Morgan fingerprint density at radius 1 is 1.28 bits per heavy atom. The third kappa shape index (κ3) is 5.43. The zero-order chi connectivity index (χ0) is 21.8. The summed E-state index contributed by atoms with van der Waals surface area (Å²) in [4.78, 5) is 15.1. The number of nitrogens with two attached hydrogens (primary N) is 1. The number of nitrogen functional groups attached to an aromatic ring is 1. The first-order valence-electron chi connectivity index (χ1n) is 8.10. The van der Waals surface area contributed by atoms with Gasteiger partial charge in [-0.3, -0.25) is 4.79 Å². The molecule has 0 bridgehead atoms. The highest BCUT2D eigenvalue weighted by atomic mass is 32.2. The van der Waals surface area contributed by atoms with Gasteiger partial charge in [-0.1, -0.05) is 0 Å². The highest BCUT2D eigenvalue weighted by Crippen LogP contribution is 2.31. The molecule has 8 nitrogen and oxygen atoms in total. The molecular weight excluding hydrogens is 415 g/mol. The number of halogens is 3. The molecule has 0 spiro atoms. The smallest absolute Gasteiger partial charge is 0.397 e. The van der Waals surface area contributed by atoms with Crippen molar-refractivity contribution in [1.82, 2.24) is 10.3 Å². The van der Waals surface area contributed by atoms with Gasteiger partial charge in [0.1, 0.15) is 0 Å². The van der Waals surface area contributed by atoms with Crippen LogP contribution in [0.5, 0.6) is 0 Å². The summed E-state index contributed by atoms with van der Waals surface area (Å²) in [6, 6.07) is 3.94. The average Bonchev–Trinajstić information content (AvgIpc) is 2.65. The lowest BCUT2D eigenvalue weighted by molar-refractivity contribution is -0.137. The van der Waals surface area contributed by atoms with E-state index in [0.717, 1.165) is 24.4 Å². The molecule has 0 aliphatic rings. The Bertz CT molecular complexity index is 979. The number of amides is 1. The van der Waals surface area contributed by atoms with Gasteiger partial charge in [0.05, 0.1) is 33.8 Å². The van der Waals surface area contributed by atoms with Gasteiger partial charge in [-0.15, -0.1) is 0 Å². The predicted molar refractivity (Wildman–Crippen MR) is 95.8 cm³/mol. The number of ether oxygens (including phenoxy) is 1. The number of rotatable bonds is 7. The predicted octanol–water partition coefficient (Wildman–Crippen LogP) is 1.25. The van der Waals surface area contributed by atoms with E-state index in [-0.39, 0.29) is 34.3 Å². The van der Waals surface area contributed by atoms with Crippen LogP contribution in [0.25, 0.3) is 0 Å². The fraction of sp³-hybridized carbons (Fsp3) is 0.294. The number of benzene rings is 1. The number of nitrogens with one attached hydrogen (secondary N) is 1. The van der Waals surface area contributed by atoms with Crippen LogP contribution in [0, 0.1) is 0 Å². The quantitative estimate of drug-likeness (QED) is 0.599. The molecule has 0 saturated heterocycles. The number of anilines is 1. The maximum atomic E-state index is 12.6. The molecule has 0 radical (unpaired) electrons. The molecule has 29 heavy (non-hydrogen) atoms. The highest BCUT2D eigenvalue weighted by Gasteiger charge is 2.31. The van der Waals surface area contributed by atoms with Gasteiger partial charge in [-0.05, 0) is 30.3 Å². The van der Waals surface area contributed by atoms with Crippen molar-refractivity contribution in [3.63, 3.8) is 0 Å². The number of nitrogens with zero attached hydrogens (tertiary/aromatic N) is 1. The minimum Gasteiger partial charge on any atom is -0.397 e. The van der Waals surface area contributed by atoms with E-state index in [1.54, 1.807) is 0 Å². The van der Waals surface area contributed by atoms with Crippen LogP contribution in [0.1, 0.15) is 16.1 Å². The summed E-state index contributed by atoms with van der Waals surface area (Å²) in [5, 5.41) is 11.9. The number of alkyl halides is 3. The Morgan fingerprint density at radius 3 is 2.41 bits per heavy atom. The van der Waals surface area contributed by atoms with Crippen molar-refractivity contribution in [2.24, 2.45) is 0 Å². The van der Waals surface area contributed by atoms with Crippen molar-refractivity contribution in [3.05, 3.63) is 47.8 Å². The van der Waals surface area contributed by atoms with Crippen LogP contribution in [0.4, 0.5) is 18.9 Å². The second-order valence-corrected chi connectivity index (χ2v) is 7.90. The Hall–Kier alpha value is -2.70. The first-order valence-corrected chi connectivity index (χ1v) is 9.58. The van der Waals surface area contributed by atoms with E-state index in [1.165, 1.54) is 7.11 Å². The highest BCUT2D eigenvalue weighted by molar-refractivity contribution is 7.91. The van der Waals surface area contributed by atoms with Crippen LogP contribution in [-0.4, -0.2) is 50.8 Å². The van der Waals surface area contributed by atoms with Crippen LogP contribution >= 0.6 is 0 Å². The molecule has 0 aliphatic carbocycles. The van der Waals surface area contributed by atoms with Crippen molar-refractivity contribution in [2.45, 2.75) is 22.1 Å². The molecule has 1 heterocycles. The van der Waals surface area contributed by atoms with Crippen molar-refractivity contribution >= 4 is 21.4 Å².